The van der Waals surface area contributed by atoms with E-state index in [4.69, 9.17) is 14.2 Å². The van der Waals surface area contributed by atoms with Crippen molar-refractivity contribution in [3.8, 4) is 0 Å². The highest BCUT2D eigenvalue weighted by atomic mass is 32.2. The summed E-state index contributed by atoms with van der Waals surface area (Å²) in [7, 11) is 3.38. The number of aliphatic hydroxyl groups excluding tert-OH is 1. The van der Waals surface area contributed by atoms with Crippen LogP contribution in [0.2, 0.25) is 0 Å². The van der Waals surface area contributed by atoms with Gasteiger partial charge in [0.2, 0.25) is 5.91 Å². The molecule has 0 saturated carbocycles. The number of aliphatic hydroxyl groups is 1. The number of hydrogen-bond acceptors (Lipinski definition) is 9. The first-order chi connectivity index (χ1) is 16.5. The molecule has 36 heavy (non-hydrogen) atoms. The lowest BCUT2D eigenvalue weighted by atomic mass is 9.91. The smallest absolute Gasteiger partial charge is 0.315 e. The van der Waals surface area contributed by atoms with Crippen LogP contribution in [0.25, 0.3) is 0 Å². The van der Waals surface area contributed by atoms with Crippen LogP contribution in [0, 0.1) is 16.7 Å². The Morgan fingerprint density at radius 2 is 1.42 bits per heavy atom. The number of hydrogen-bond donors (Lipinski definition) is 1. The van der Waals surface area contributed by atoms with Gasteiger partial charge in [0.05, 0.1) is 16.6 Å². The lowest BCUT2D eigenvalue weighted by Crippen LogP contribution is -2.31. The molecule has 0 rings (SSSR count). The zero-order chi connectivity index (χ0) is 28.5. The summed E-state index contributed by atoms with van der Waals surface area (Å²) in [6.07, 6.45) is 1.94. The number of rotatable bonds is 15. The zero-order valence-corrected chi connectivity index (χ0v) is 24.4. The van der Waals surface area contributed by atoms with Gasteiger partial charge in [-0.2, -0.15) is 0 Å². The van der Waals surface area contributed by atoms with Gasteiger partial charge in [0.15, 0.2) is 0 Å². The molecule has 0 radical (unpaired) electrons. The van der Waals surface area contributed by atoms with Crippen LogP contribution in [-0.2, 0) is 33.4 Å². The summed E-state index contributed by atoms with van der Waals surface area (Å²) in [5.41, 5.74) is -0.962. The molecular formula is C26H47NO8S. The second-order valence-corrected chi connectivity index (χ2v) is 11.0. The Labute approximate surface area is 221 Å². The molecule has 0 heterocycles. The molecule has 0 aromatic heterocycles. The molecule has 9 nitrogen and oxygen atoms in total. The summed E-state index contributed by atoms with van der Waals surface area (Å²) in [6, 6.07) is 0. The van der Waals surface area contributed by atoms with Gasteiger partial charge in [-0.25, -0.2) is 0 Å². The van der Waals surface area contributed by atoms with Gasteiger partial charge in [-0.3, -0.25) is 19.2 Å². The van der Waals surface area contributed by atoms with Crippen LogP contribution >= 0.6 is 11.8 Å². The van der Waals surface area contributed by atoms with E-state index < -0.39 is 23.5 Å². The summed E-state index contributed by atoms with van der Waals surface area (Å²) in [5.74, 6) is -0.587. The number of carbonyl (C=O) groups excluding carboxylic acids is 4. The topological polar surface area (TPSA) is 119 Å². The fourth-order valence-corrected chi connectivity index (χ4v) is 2.96. The molecule has 0 aliphatic carbocycles. The fraction of sp³-hybridized carbons (Fsp3) is 0.769. The second-order valence-electron chi connectivity index (χ2n) is 9.95. The molecule has 0 aliphatic heterocycles. The minimum absolute atomic E-state index is 0.00751. The van der Waals surface area contributed by atoms with Crippen LogP contribution in [0.15, 0.2) is 12.7 Å². The third-order valence-corrected chi connectivity index (χ3v) is 6.67. The number of carbonyl (C=O) groups is 4. The van der Waals surface area contributed by atoms with Crippen LogP contribution in [0.1, 0.15) is 61.3 Å². The van der Waals surface area contributed by atoms with Crippen molar-refractivity contribution in [3.63, 3.8) is 0 Å². The number of thioether (sulfide) groups is 1. The number of nitrogens with zero attached hydrogens (tertiary/aromatic N) is 1. The Morgan fingerprint density at radius 3 is 1.86 bits per heavy atom. The molecule has 0 fully saturated rings. The lowest BCUT2D eigenvalue weighted by Gasteiger charge is -2.21. The summed E-state index contributed by atoms with van der Waals surface area (Å²) in [6.45, 7) is 16.3. The van der Waals surface area contributed by atoms with Crippen molar-refractivity contribution in [3.05, 3.63) is 12.7 Å². The largest absolute Gasteiger partial charge is 0.462 e. The first-order valence-electron chi connectivity index (χ1n) is 12.1. The van der Waals surface area contributed by atoms with Gasteiger partial charge in [0.25, 0.3) is 0 Å². The summed E-state index contributed by atoms with van der Waals surface area (Å²) in [5, 5.41) is 9.72. The quantitative estimate of drug-likeness (QED) is 0.192. The van der Waals surface area contributed by atoms with E-state index in [0.717, 1.165) is 6.42 Å². The maximum Gasteiger partial charge on any atom is 0.315 e. The van der Waals surface area contributed by atoms with Gasteiger partial charge in [-0.05, 0) is 40.5 Å². The van der Waals surface area contributed by atoms with E-state index in [-0.39, 0.29) is 42.2 Å². The first-order valence-corrected chi connectivity index (χ1v) is 13.3. The molecule has 210 valence electrons. The molecule has 10 heteroatoms. The van der Waals surface area contributed by atoms with Gasteiger partial charge in [0.1, 0.15) is 25.9 Å². The van der Waals surface area contributed by atoms with Crippen LogP contribution < -0.4 is 0 Å². The van der Waals surface area contributed by atoms with Crippen molar-refractivity contribution in [2.45, 2.75) is 67.4 Å². The molecule has 0 aromatic carbocycles. The average Bonchev–Trinajstić information content (AvgIpc) is 2.83. The van der Waals surface area contributed by atoms with Gasteiger partial charge >= 0.3 is 17.9 Å². The van der Waals surface area contributed by atoms with Crippen molar-refractivity contribution in [2.24, 2.45) is 16.7 Å². The molecule has 0 saturated heterocycles. The van der Waals surface area contributed by atoms with E-state index in [1.165, 1.54) is 16.7 Å². The highest BCUT2D eigenvalue weighted by Gasteiger charge is 2.28. The zero-order valence-electron chi connectivity index (χ0n) is 23.5. The molecular weight excluding hydrogens is 486 g/mol. The van der Waals surface area contributed by atoms with E-state index in [1.807, 2.05) is 27.7 Å². The second kappa shape index (κ2) is 18.2. The van der Waals surface area contributed by atoms with Gasteiger partial charge in [-0.1, -0.05) is 33.4 Å². The summed E-state index contributed by atoms with van der Waals surface area (Å²) in [4.78, 5) is 47.8. The van der Waals surface area contributed by atoms with E-state index >= 15 is 0 Å². The van der Waals surface area contributed by atoms with E-state index in [0.29, 0.717) is 18.8 Å². The highest BCUT2D eigenvalue weighted by molar-refractivity contribution is 7.99. The Morgan fingerprint density at radius 1 is 0.944 bits per heavy atom. The number of esters is 3. The molecule has 2 unspecified atom stereocenters. The standard InChI is InChI=1S/C17H31NO6S.C9H16O2/c1-7-17(3,4)16(22)24-9-13(19)8-23-14(20)11-25-10-12(2)15(21)18(5)6;1-5-7-11-8(10)9(3,4)6-2/h12-13,19H,7-11H2,1-6H3;5H,1,6-7H2,2-4H3. The average molecular weight is 534 g/mol. The number of ether oxygens (including phenoxy) is 3. The minimum atomic E-state index is -1.06. The van der Waals surface area contributed by atoms with Gasteiger partial charge in [-0.15, -0.1) is 11.8 Å². The molecule has 1 amide bonds. The highest BCUT2D eigenvalue weighted by Crippen LogP contribution is 2.22. The molecule has 0 bridgehead atoms. The predicted octanol–water partition coefficient (Wildman–Crippen LogP) is 3.48. The van der Waals surface area contributed by atoms with Gasteiger partial charge in [0, 0.05) is 25.8 Å². The Hall–Kier alpha value is -2.07. The van der Waals surface area contributed by atoms with E-state index in [9.17, 15) is 24.3 Å². The van der Waals surface area contributed by atoms with Crippen molar-refractivity contribution >= 4 is 35.6 Å². The first kappa shape index (κ1) is 36.1. The predicted molar refractivity (Wildman–Crippen MR) is 142 cm³/mol. The fourth-order valence-electron chi connectivity index (χ4n) is 2.10. The SMILES string of the molecule is C=CCOC(=O)C(C)(C)CC.CCC(C)(C)C(=O)OCC(O)COC(=O)CSCC(C)C(=O)N(C)C. The maximum absolute atomic E-state index is 11.8. The lowest BCUT2D eigenvalue weighted by molar-refractivity contribution is -0.159. The van der Waals surface area contributed by atoms with Crippen LogP contribution in [0.5, 0.6) is 0 Å². The Balaban J connectivity index is 0. The minimum Gasteiger partial charge on any atom is -0.462 e. The maximum atomic E-state index is 11.8. The third-order valence-electron chi connectivity index (χ3n) is 5.50. The van der Waals surface area contributed by atoms with Crippen LogP contribution in [-0.4, -0.2) is 85.3 Å². The van der Waals surface area contributed by atoms with Crippen molar-refractivity contribution < 1.29 is 38.5 Å². The van der Waals surface area contributed by atoms with E-state index in [2.05, 4.69) is 6.58 Å². The number of amides is 1. The molecule has 2 atom stereocenters. The van der Waals surface area contributed by atoms with Crippen molar-refractivity contribution in [2.75, 3.05) is 45.4 Å². The van der Waals surface area contributed by atoms with Gasteiger partial charge < -0.3 is 24.2 Å². The van der Waals surface area contributed by atoms with Crippen molar-refractivity contribution in [1.82, 2.24) is 4.90 Å². The Kier molecular flexibility index (Phi) is 18.3. The van der Waals surface area contributed by atoms with Crippen LogP contribution in [0.4, 0.5) is 0 Å². The third kappa shape index (κ3) is 15.8. The monoisotopic (exact) mass is 533 g/mol. The Bertz CT molecular complexity index is 706. The van der Waals surface area contributed by atoms with Crippen molar-refractivity contribution in [1.29, 1.82) is 0 Å². The summed E-state index contributed by atoms with van der Waals surface area (Å²) >= 11 is 1.30. The van der Waals surface area contributed by atoms with E-state index in [1.54, 1.807) is 40.9 Å². The molecule has 0 aromatic rings. The summed E-state index contributed by atoms with van der Waals surface area (Å²) < 4.78 is 14.9. The molecule has 0 spiro atoms. The molecule has 1 N–H and O–H groups in total. The van der Waals surface area contributed by atoms with Crippen LogP contribution in [0.3, 0.4) is 0 Å². The normalized spacial score (nSPS) is 12.8. The molecule has 0 aliphatic rings.